The van der Waals surface area contributed by atoms with Crippen LogP contribution in [0.5, 0.6) is 0 Å². The molecule has 15 heavy (non-hydrogen) atoms. The number of hydrogen-bond donors (Lipinski definition) is 4. The largest absolute Gasteiger partial charge is 0.480 e. The van der Waals surface area contributed by atoms with Gasteiger partial charge in [0.15, 0.2) is 0 Å². The maximum atomic E-state index is 10.6. The van der Waals surface area contributed by atoms with Crippen molar-refractivity contribution in [2.24, 2.45) is 0 Å². The Bertz CT molecular complexity index is 314. The molecule has 0 heterocycles. The van der Waals surface area contributed by atoms with Crippen LogP contribution in [0.1, 0.15) is 11.8 Å². The summed E-state index contributed by atoms with van der Waals surface area (Å²) in [6.07, 6.45) is -1.10. The number of carboxylic acids is 1. The Hall–Kier alpha value is -1.43. The average Bonchev–Trinajstić information content (AvgIpc) is 2.26. The SMILES string of the molecule is O=C(O)C(CO)NC(O)c1ccccc1. The fourth-order valence-corrected chi connectivity index (χ4v) is 1.12. The molecule has 0 radical (unpaired) electrons. The van der Waals surface area contributed by atoms with Gasteiger partial charge in [0.1, 0.15) is 12.3 Å². The first-order valence-electron chi connectivity index (χ1n) is 4.48. The standard InChI is InChI=1S/C10H13NO4/c12-6-8(10(14)15)11-9(13)7-4-2-1-3-5-7/h1-5,8-9,11-13H,6H2,(H,14,15). The van der Waals surface area contributed by atoms with Gasteiger partial charge in [-0.2, -0.15) is 0 Å². The maximum Gasteiger partial charge on any atom is 0.323 e. The van der Waals surface area contributed by atoms with E-state index < -0.39 is 24.8 Å². The van der Waals surface area contributed by atoms with Crippen molar-refractivity contribution in [2.45, 2.75) is 12.3 Å². The van der Waals surface area contributed by atoms with Gasteiger partial charge in [-0.15, -0.1) is 0 Å². The summed E-state index contributed by atoms with van der Waals surface area (Å²) in [5.74, 6) is -1.20. The first-order chi connectivity index (χ1) is 7.15. The van der Waals surface area contributed by atoms with Crippen molar-refractivity contribution < 1.29 is 20.1 Å². The Kier molecular flexibility index (Phi) is 4.23. The lowest BCUT2D eigenvalue weighted by atomic mass is 10.2. The summed E-state index contributed by atoms with van der Waals surface area (Å²) in [4.78, 5) is 10.6. The molecular formula is C10H13NO4. The second-order valence-electron chi connectivity index (χ2n) is 3.05. The minimum atomic E-state index is -1.20. The molecule has 1 rings (SSSR count). The third-order valence-corrected chi connectivity index (χ3v) is 1.96. The number of hydrogen-bond acceptors (Lipinski definition) is 4. The van der Waals surface area contributed by atoms with Gasteiger partial charge in [-0.3, -0.25) is 10.1 Å². The number of nitrogens with one attached hydrogen (secondary N) is 1. The number of aliphatic hydroxyl groups is 2. The Morgan fingerprint density at radius 1 is 1.33 bits per heavy atom. The summed E-state index contributed by atoms with van der Waals surface area (Å²) in [5, 5.41) is 29.3. The van der Waals surface area contributed by atoms with E-state index in [9.17, 15) is 9.90 Å². The smallest absolute Gasteiger partial charge is 0.323 e. The Balaban J connectivity index is 2.62. The van der Waals surface area contributed by atoms with E-state index in [1.165, 1.54) is 0 Å². The molecule has 0 fully saturated rings. The molecule has 0 spiro atoms. The van der Waals surface area contributed by atoms with Gasteiger partial charge in [-0.05, 0) is 5.56 Å². The minimum absolute atomic E-state index is 0.553. The Morgan fingerprint density at radius 2 is 1.93 bits per heavy atom. The zero-order chi connectivity index (χ0) is 11.3. The Labute approximate surface area is 87.0 Å². The Morgan fingerprint density at radius 3 is 2.40 bits per heavy atom. The molecule has 0 aliphatic carbocycles. The molecule has 0 saturated carbocycles. The van der Waals surface area contributed by atoms with Crippen LogP contribution in [0.15, 0.2) is 30.3 Å². The van der Waals surface area contributed by atoms with E-state index in [1.54, 1.807) is 30.3 Å². The lowest BCUT2D eigenvalue weighted by Crippen LogP contribution is -2.41. The zero-order valence-electron chi connectivity index (χ0n) is 8.00. The van der Waals surface area contributed by atoms with Crippen LogP contribution in [0.4, 0.5) is 0 Å². The van der Waals surface area contributed by atoms with Crippen molar-refractivity contribution in [2.75, 3.05) is 6.61 Å². The topological polar surface area (TPSA) is 89.8 Å². The highest BCUT2D eigenvalue weighted by molar-refractivity contribution is 5.73. The first kappa shape index (κ1) is 11.6. The third-order valence-electron chi connectivity index (χ3n) is 1.96. The summed E-state index contributed by atoms with van der Waals surface area (Å²) in [6, 6.07) is 7.41. The molecule has 2 atom stereocenters. The molecule has 0 bridgehead atoms. The molecular weight excluding hydrogens is 198 g/mol. The van der Waals surface area contributed by atoms with E-state index >= 15 is 0 Å². The van der Waals surface area contributed by atoms with Gasteiger partial charge in [-0.1, -0.05) is 30.3 Å². The lowest BCUT2D eigenvalue weighted by molar-refractivity contribution is -0.141. The summed E-state index contributed by atoms with van der Waals surface area (Å²) in [7, 11) is 0. The number of carbonyl (C=O) groups is 1. The number of aliphatic hydroxyl groups excluding tert-OH is 2. The summed E-state index contributed by atoms with van der Waals surface area (Å²) >= 11 is 0. The highest BCUT2D eigenvalue weighted by atomic mass is 16.4. The summed E-state index contributed by atoms with van der Waals surface area (Å²) < 4.78 is 0. The second kappa shape index (κ2) is 5.45. The molecule has 0 aliphatic rings. The molecule has 0 saturated heterocycles. The molecule has 82 valence electrons. The average molecular weight is 211 g/mol. The van der Waals surface area contributed by atoms with Crippen molar-refractivity contribution in [1.82, 2.24) is 5.32 Å². The molecule has 1 aromatic carbocycles. The van der Waals surface area contributed by atoms with Gasteiger partial charge in [0.25, 0.3) is 0 Å². The summed E-state index contributed by atoms with van der Waals surface area (Å²) in [5.41, 5.74) is 0.553. The van der Waals surface area contributed by atoms with Gasteiger partial charge >= 0.3 is 5.97 Å². The molecule has 1 aromatic rings. The van der Waals surface area contributed by atoms with Gasteiger partial charge < -0.3 is 15.3 Å². The van der Waals surface area contributed by atoms with Crippen LogP contribution >= 0.6 is 0 Å². The van der Waals surface area contributed by atoms with Crippen LogP contribution in [-0.2, 0) is 4.79 Å². The van der Waals surface area contributed by atoms with E-state index in [-0.39, 0.29) is 0 Å². The fraction of sp³-hybridized carbons (Fsp3) is 0.300. The molecule has 0 aromatic heterocycles. The quantitative estimate of drug-likeness (QED) is 0.503. The van der Waals surface area contributed by atoms with E-state index in [1.807, 2.05) is 0 Å². The van der Waals surface area contributed by atoms with Crippen molar-refractivity contribution in [3.63, 3.8) is 0 Å². The number of rotatable bonds is 5. The van der Waals surface area contributed by atoms with Crippen LogP contribution in [0, 0.1) is 0 Å². The van der Waals surface area contributed by atoms with Gasteiger partial charge in [0.05, 0.1) is 6.61 Å². The molecule has 0 aliphatic heterocycles. The van der Waals surface area contributed by atoms with Crippen LogP contribution < -0.4 is 5.32 Å². The number of benzene rings is 1. The zero-order valence-corrected chi connectivity index (χ0v) is 8.00. The van der Waals surface area contributed by atoms with Crippen LogP contribution in [-0.4, -0.2) is 33.9 Å². The van der Waals surface area contributed by atoms with Gasteiger partial charge in [-0.25, -0.2) is 0 Å². The van der Waals surface area contributed by atoms with Crippen molar-refractivity contribution in [1.29, 1.82) is 0 Å². The lowest BCUT2D eigenvalue weighted by Gasteiger charge is -2.17. The van der Waals surface area contributed by atoms with Crippen molar-refractivity contribution in [3.05, 3.63) is 35.9 Å². The third kappa shape index (κ3) is 3.32. The number of aliphatic carboxylic acids is 1. The van der Waals surface area contributed by atoms with E-state index in [2.05, 4.69) is 5.32 Å². The van der Waals surface area contributed by atoms with Gasteiger partial charge in [0.2, 0.25) is 0 Å². The second-order valence-corrected chi connectivity index (χ2v) is 3.05. The van der Waals surface area contributed by atoms with E-state index in [0.29, 0.717) is 5.56 Å². The predicted octanol–water partition coefficient (Wildman–Crippen LogP) is -0.287. The fourth-order valence-electron chi connectivity index (χ4n) is 1.12. The highest BCUT2D eigenvalue weighted by Crippen LogP contribution is 2.09. The molecule has 4 N–H and O–H groups in total. The number of carboxylic acid groups (broad SMARTS) is 1. The monoisotopic (exact) mass is 211 g/mol. The first-order valence-corrected chi connectivity index (χ1v) is 4.48. The molecule has 0 amide bonds. The van der Waals surface area contributed by atoms with Gasteiger partial charge in [0, 0.05) is 0 Å². The van der Waals surface area contributed by atoms with Crippen molar-refractivity contribution in [3.8, 4) is 0 Å². The normalized spacial score (nSPS) is 14.5. The molecule has 5 nitrogen and oxygen atoms in total. The molecule has 2 unspecified atom stereocenters. The van der Waals surface area contributed by atoms with Crippen LogP contribution in [0.3, 0.4) is 0 Å². The summed E-state index contributed by atoms with van der Waals surface area (Å²) in [6.45, 7) is -0.570. The molecule has 5 heteroatoms. The van der Waals surface area contributed by atoms with E-state index in [4.69, 9.17) is 10.2 Å². The predicted molar refractivity (Wildman–Crippen MR) is 53.0 cm³/mol. The highest BCUT2D eigenvalue weighted by Gasteiger charge is 2.19. The maximum absolute atomic E-state index is 10.6. The van der Waals surface area contributed by atoms with Crippen LogP contribution in [0.25, 0.3) is 0 Å². The van der Waals surface area contributed by atoms with E-state index in [0.717, 1.165) is 0 Å². The van der Waals surface area contributed by atoms with Crippen molar-refractivity contribution >= 4 is 5.97 Å². The minimum Gasteiger partial charge on any atom is -0.480 e. The van der Waals surface area contributed by atoms with Crippen LogP contribution in [0.2, 0.25) is 0 Å².